The molecule has 0 spiro atoms. The van der Waals surface area contributed by atoms with E-state index >= 15 is 0 Å². The summed E-state index contributed by atoms with van der Waals surface area (Å²) in [6, 6.07) is 0. The lowest BCUT2D eigenvalue weighted by Gasteiger charge is -2.45. The predicted octanol–water partition coefficient (Wildman–Crippen LogP) is 3.34. The van der Waals surface area contributed by atoms with Crippen LogP contribution >= 0.6 is 0 Å². The molecule has 6 heteroatoms. The number of rotatable bonds is 2. The van der Waals surface area contributed by atoms with Gasteiger partial charge in [0.05, 0.1) is 0 Å². The summed E-state index contributed by atoms with van der Waals surface area (Å²) < 4.78 is 11.0. The molecule has 1 fully saturated rings. The average Bonchev–Trinajstić information content (AvgIpc) is 2.88. The van der Waals surface area contributed by atoms with Crippen molar-refractivity contribution in [2.45, 2.75) is 72.0 Å². The van der Waals surface area contributed by atoms with Gasteiger partial charge in [-0.05, 0) is 36.2 Å². The van der Waals surface area contributed by atoms with Gasteiger partial charge in [-0.1, -0.05) is 32.9 Å². The molecule has 3 rings (SSSR count). The lowest BCUT2D eigenvalue weighted by atomic mass is 9.60. The van der Waals surface area contributed by atoms with Crippen molar-refractivity contribution in [3.8, 4) is 0 Å². The maximum atomic E-state index is 13.5. The number of Topliss-reactive ketones (excluding diaryl/α,β-unsaturated/α-hetero) is 2. The van der Waals surface area contributed by atoms with Crippen LogP contribution in [0.15, 0.2) is 23.8 Å². The average molecular weight is 402 g/mol. The van der Waals surface area contributed by atoms with Crippen molar-refractivity contribution in [3.05, 3.63) is 23.8 Å². The zero-order valence-electron chi connectivity index (χ0n) is 17.7. The SMILES string of the molecule is C=C1C(=O)C2=CC1C[C@H](OC(C)=O)C(=O)C1CCCC(C)(C)[C@H]1C[C@H]2OC(C)=O. The Morgan fingerprint density at radius 2 is 1.69 bits per heavy atom. The van der Waals surface area contributed by atoms with Crippen LogP contribution in [0.25, 0.3) is 0 Å². The quantitative estimate of drug-likeness (QED) is 0.520. The summed E-state index contributed by atoms with van der Waals surface area (Å²) in [5.74, 6) is -2.09. The molecular weight excluding hydrogens is 372 g/mol. The Labute approximate surface area is 171 Å². The summed E-state index contributed by atoms with van der Waals surface area (Å²) in [4.78, 5) is 49.8. The van der Waals surface area contributed by atoms with Gasteiger partial charge in [0.25, 0.3) is 0 Å². The number of ketones is 2. The molecule has 2 bridgehead atoms. The standard InChI is InChI=1S/C23H30O6/c1-12-15-9-17(21(12)26)19(28-13(2)24)11-18-16(7-6-8-23(18,4)5)22(27)20(10-15)29-14(3)25/h9,15-16,18-20H,1,6-8,10-11H2,2-5H3/t15?,16?,18-,19+,20-/m0/s1. The highest BCUT2D eigenvalue weighted by Gasteiger charge is 2.49. The van der Waals surface area contributed by atoms with E-state index in [-0.39, 0.29) is 35.2 Å². The van der Waals surface area contributed by atoms with Crippen LogP contribution in [0.2, 0.25) is 0 Å². The number of esters is 2. The van der Waals surface area contributed by atoms with E-state index in [1.807, 2.05) is 0 Å². The van der Waals surface area contributed by atoms with E-state index < -0.39 is 30.1 Å². The van der Waals surface area contributed by atoms with Crippen LogP contribution in [0.5, 0.6) is 0 Å². The molecular formula is C23H30O6. The third kappa shape index (κ3) is 4.21. The third-order valence-corrected chi connectivity index (χ3v) is 6.79. The van der Waals surface area contributed by atoms with Gasteiger partial charge in [0.1, 0.15) is 6.10 Å². The minimum Gasteiger partial charge on any atom is -0.458 e. The van der Waals surface area contributed by atoms with E-state index in [9.17, 15) is 19.2 Å². The van der Waals surface area contributed by atoms with Crippen LogP contribution in [0, 0.1) is 23.2 Å². The molecule has 3 aliphatic rings. The Morgan fingerprint density at radius 3 is 2.31 bits per heavy atom. The molecule has 0 aromatic carbocycles. The summed E-state index contributed by atoms with van der Waals surface area (Å²) in [6.07, 6.45) is 3.30. The van der Waals surface area contributed by atoms with Crippen LogP contribution in [0.4, 0.5) is 0 Å². The fourth-order valence-electron chi connectivity index (χ4n) is 5.30. The Hall–Kier alpha value is -2.24. The Balaban J connectivity index is 2.09. The predicted molar refractivity (Wildman–Crippen MR) is 106 cm³/mol. The number of carbonyl (C=O) groups is 4. The van der Waals surface area contributed by atoms with Crippen LogP contribution in [-0.2, 0) is 28.7 Å². The molecule has 0 saturated heterocycles. The zero-order chi connectivity index (χ0) is 21.5. The lowest BCUT2D eigenvalue weighted by molar-refractivity contribution is -0.158. The van der Waals surface area contributed by atoms with Crippen molar-refractivity contribution in [2.24, 2.45) is 23.2 Å². The second-order valence-corrected chi connectivity index (χ2v) is 9.25. The van der Waals surface area contributed by atoms with Crippen LogP contribution in [0.3, 0.4) is 0 Å². The minimum absolute atomic E-state index is 0.0923. The summed E-state index contributed by atoms with van der Waals surface area (Å²) in [5, 5.41) is 0. The normalized spacial score (nSPS) is 34.1. The largest absolute Gasteiger partial charge is 0.458 e. The van der Waals surface area contributed by atoms with E-state index in [2.05, 4.69) is 20.4 Å². The first kappa shape index (κ1) is 21.5. The Bertz CT molecular complexity index is 789. The molecule has 158 valence electrons. The first-order valence-electron chi connectivity index (χ1n) is 10.3. The maximum Gasteiger partial charge on any atom is 0.303 e. The third-order valence-electron chi connectivity index (χ3n) is 6.79. The van der Waals surface area contributed by atoms with Gasteiger partial charge in [0.2, 0.25) is 0 Å². The molecule has 0 heterocycles. The Morgan fingerprint density at radius 1 is 1.07 bits per heavy atom. The fraction of sp³-hybridized carbons (Fsp3) is 0.652. The molecule has 0 radical (unpaired) electrons. The number of hydrogen-bond acceptors (Lipinski definition) is 6. The second kappa shape index (κ2) is 7.88. The van der Waals surface area contributed by atoms with Crippen LogP contribution in [0.1, 0.15) is 59.8 Å². The van der Waals surface area contributed by atoms with Crippen molar-refractivity contribution >= 4 is 23.5 Å². The smallest absolute Gasteiger partial charge is 0.303 e. The summed E-state index contributed by atoms with van der Waals surface area (Å²) in [5.41, 5.74) is 0.618. The molecule has 0 N–H and O–H groups in total. The molecule has 0 aromatic rings. The van der Waals surface area contributed by atoms with E-state index in [1.165, 1.54) is 13.8 Å². The number of ether oxygens (including phenoxy) is 2. The van der Waals surface area contributed by atoms with E-state index in [4.69, 9.17) is 9.47 Å². The van der Waals surface area contributed by atoms with Crippen LogP contribution < -0.4 is 0 Å². The molecule has 29 heavy (non-hydrogen) atoms. The van der Waals surface area contributed by atoms with E-state index in [0.717, 1.165) is 12.8 Å². The minimum atomic E-state index is -0.899. The summed E-state index contributed by atoms with van der Waals surface area (Å²) in [7, 11) is 0. The number of fused-ring (bicyclic) bond motifs is 2. The molecule has 5 atom stereocenters. The number of allylic oxidation sites excluding steroid dienone is 2. The summed E-state index contributed by atoms with van der Waals surface area (Å²) >= 11 is 0. The van der Waals surface area contributed by atoms with Gasteiger partial charge in [-0.2, -0.15) is 0 Å². The molecule has 0 aromatic heterocycles. The number of hydrogen-bond donors (Lipinski definition) is 0. The van der Waals surface area contributed by atoms with Gasteiger partial charge in [-0.3, -0.25) is 19.2 Å². The first-order chi connectivity index (χ1) is 13.5. The van der Waals surface area contributed by atoms with Gasteiger partial charge in [0, 0.05) is 37.7 Å². The van der Waals surface area contributed by atoms with E-state index in [0.29, 0.717) is 24.0 Å². The molecule has 3 aliphatic carbocycles. The van der Waals surface area contributed by atoms with Crippen molar-refractivity contribution < 1.29 is 28.7 Å². The highest BCUT2D eigenvalue weighted by Crippen LogP contribution is 2.49. The van der Waals surface area contributed by atoms with Crippen molar-refractivity contribution in [1.29, 1.82) is 0 Å². The fourth-order valence-corrected chi connectivity index (χ4v) is 5.30. The molecule has 1 saturated carbocycles. The lowest BCUT2D eigenvalue weighted by Crippen LogP contribution is -2.45. The highest BCUT2D eigenvalue weighted by atomic mass is 16.5. The van der Waals surface area contributed by atoms with Crippen LogP contribution in [-0.4, -0.2) is 35.7 Å². The maximum absolute atomic E-state index is 13.5. The zero-order valence-corrected chi connectivity index (χ0v) is 17.7. The molecule has 0 aliphatic heterocycles. The number of carbonyl (C=O) groups excluding carboxylic acids is 4. The highest BCUT2D eigenvalue weighted by molar-refractivity contribution is 6.12. The Kier molecular flexibility index (Phi) is 5.84. The topological polar surface area (TPSA) is 86.7 Å². The van der Waals surface area contributed by atoms with Crippen molar-refractivity contribution in [3.63, 3.8) is 0 Å². The van der Waals surface area contributed by atoms with Gasteiger partial charge in [0.15, 0.2) is 17.7 Å². The van der Waals surface area contributed by atoms with Gasteiger partial charge in [-0.15, -0.1) is 0 Å². The van der Waals surface area contributed by atoms with Gasteiger partial charge in [-0.25, -0.2) is 0 Å². The second-order valence-electron chi connectivity index (χ2n) is 9.25. The van der Waals surface area contributed by atoms with Crippen molar-refractivity contribution in [1.82, 2.24) is 0 Å². The van der Waals surface area contributed by atoms with E-state index in [1.54, 1.807) is 6.08 Å². The molecule has 0 amide bonds. The molecule has 2 unspecified atom stereocenters. The van der Waals surface area contributed by atoms with Gasteiger partial charge >= 0.3 is 11.9 Å². The molecule has 6 nitrogen and oxygen atoms in total. The first-order valence-corrected chi connectivity index (χ1v) is 10.3. The monoisotopic (exact) mass is 402 g/mol. The van der Waals surface area contributed by atoms with Crippen molar-refractivity contribution in [2.75, 3.05) is 0 Å². The van der Waals surface area contributed by atoms with Gasteiger partial charge < -0.3 is 9.47 Å². The summed E-state index contributed by atoms with van der Waals surface area (Å²) in [6.45, 7) is 10.7.